The van der Waals surface area contributed by atoms with Crippen molar-refractivity contribution in [2.24, 2.45) is 7.05 Å². The van der Waals surface area contributed by atoms with Crippen LogP contribution in [0, 0.1) is 0 Å². The van der Waals surface area contributed by atoms with E-state index in [1.807, 2.05) is 6.92 Å². The largest absolute Gasteiger partial charge is 0.465 e. The van der Waals surface area contributed by atoms with Gasteiger partial charge in [0.15, 0.2) is 0 Å². The van der Waals surface area contributed by atoms with Gasteiger partial charge in [-0.15, -0.1) is 0 Å². The van der Waals surface area contributed by atoms with E-state index in [1.165, 1.54) is 18.6 Å². The van der Waals surface area contributed by atoms with E-state index in [9.17, 15) is 9.59 Å². The molecular weight excluding hydrogens is 248 g/mol. The molecule has 1 heterocycles. The molecular formula is C13H21N2O4+. The van der Waals surface area contributed by atoms with Gasteiger partial charge in [0.2, 0.25) is 6.33 Å². The number of esters is 2. The number of hydrogen-bond acceptors (Lipinski definition) is 4. The van der Waals surface area contributed by atoms with Crippen LogP contribution in [0.1, 0.15) is 26.7 Å². The summed E-state index contributed by atoms with van der Waals surface area (Å²) in [6.45, 7) is 3.79. The quantitative estimate of drug-likeness (QED) is 0.327. The fourth-order valence-corrected chi connectivity index (χ4v) is 1.66. The van der Waals surface area contributed by atoms with Crippen molar-refractivity contribution in [2.45, 2.75) is 32.2 Å². The molecule has 19 heavy (non-hydrogen) atoms. The van der Waals surface area contributed by atoms with Crippen molar-refractivity contribution in [3.63, 3.8) is 0 Å². The predicted molar refractivity (Wildman–Crippen MR) is 67.1 cm³/mol. The summed E-state index contributed by atoms with van der Waals surface area (Å²) in [6.07, 6.45) is 6.69. The van der Waals surface area contributed by atoms with Gasteiger partial charge in [0, 0.05) is 6.92 Å². The number of methoxy groups -OCH3 is 1. The Balaban J connectivity index is 3.00. The molecule has 0 spiro atoms. The van der Waals surface area contributed by atoms with E-state index in [-0.39, 0.29) is 0 Å². The maximum absolute atomic E-state index is 12.2. The minimum atomic E-state index is -1.50. The molecule has 1 rings (SSSR count). The lowest BCUT2D eigenvalue weighted by Gasteiger charge is -2.21. The molecule has 0 aliphatic heterocycles. The average Bonchev–Trinajstić information content (AvgIpc) is 2.84. The van der Waals surface area contributed by atoms with E-state index in [4.69, 9.17) is 9.47 Å². The summed E-state index contributed by atoms with van der Waals surface area (Å²) in [4.78, 5) is 24.2. The van der Waals surface area contributed by atoms with Crippen molar-refractivity contribution < 1.29 is 23.6 Å². The Morgan fingerprint density at radius 1 is 1.37 bits per heavy atom. The highest BCUT2D eigenvalue weighted by Gasteiger charge is 2.50. The fourth-order valence-electron chi connectivity index (χ4n) is 1.66. The zero-order valence-corrected chi connectivity index (χ0v) is 11.9. The summed E-state index contributed by atoms with van der Waals surface area (Å²) < 4.78 is 13.1. The molecule has 0 saturated heterocycles. The normalized spacial score (nSPS) is 13.7. The van der Waals surface area contributed by atoms with E-state index in [2.05, 4.69) is 0 Å². The van der Waals surface area contributed by atoms with Gasteiger partial charge in [0.1, 0.15) is 12.4 Å². The Morgan fingerprint density at radius 3 is 2.53 bits per heavy atom. The molecule has 0 saturated carbocycles. The molecule has 0 unspecified atom stereocenters. The molecule has 0 N–H and O–H groups in total. The van der Waals surface area contributed by atoms with Gasteiger partial charge in [-0.3, -0.25) is 0 Å². The Kier molecular flexibility index (Phi) is 5.09. The molecule has 0 amide bonds. The first-order valence-corrected chi connectivity index (χ1v) is 6.26. The summed E-state index contributed by atoms with van der Waals surface area (Å²) in [7, 11) is 3.06. The van der Waals surface area contributed by atoms with E-state index in [0.29, 0.717) is 6.61 Å². The van der Waals surface area contributed by atoms with Crippen LogP contribution in [0.25, 0.3) is 0 Å². The third-order valence-electron chi connectivity index (χ3n) is 3.00. The molecule has 1 atom stereocenters. The van der Waals surface area contributed by atoms with Gasteiger partial charge in [0.25, 0.3) is 0 Å². The number of hydrogen-bond donors (Lipinski definition) is 0. The van der Waals surface area contributed by atoms with Gasteiger partial charge >= 0.3 is 17.5 Å². The topological polar surface area (TPSA) is 61.4 Å². The number of carbonyl (C=O) groups excluding carboxylic acids is 2. The van der Waals surface area contributed by atoms with E-state index in [1.54, 1.807) is 30.3 Å². The second-order valence-electron chi connectivity index (χ2n) is 4.54. The van der Waals surface area contributed by atoms with Gasteiger partial charge in [-0.1, -0.05) is 13.3 Å². The lowest BCUT2D eigenvalue weighted by atomic mass is 10.0. The SMILES string of the molecule is CCCCOC(=O)[C@@](C)(C(=O)OC)n1cc[n+](C)c1. The summed E-state index contributed by atoms with van der Waals surface area (Å²) in [5, 5.41) is 0. The lowest BCUT2D eigenvalue weighted by Crippen LogP contribution is -2.48. The Labute approximate surface area is 112 Å². The summed E-state index contributed by atoms with van der Waals surface area (Å²) in [5.74, 6) is -1.26. The highest BCUT2D eigenvalue weighted by atomic mass is 16.6. The first-order chi connectivity index (χ1) is 8.96. The van der Waals surface area contributed by atoms with E-state index < -0.39 is 17.5 Å². The Bertz CT molecular complexity index is 455. The highest BCUT2D eigenvalue weighted by molar-refractivity contribution is 6.01. The van der Waals surface area contributed by atoms with Crippen LogP contribution < -0.4 is 4.57 Å². The Hall–Kier alpha value is -1.85. The van der Waals surface area contributed by atoms with E-state index >= 15 is 0 Å². The minimum Gasteiger partial charge on any atom is -0.465 e. The van der Waals surface area contributed by atoms with Crippen molar-refractivity contribution in [3.05, 3.63) is 18.7 Å². The van der Waals surface area contributed by atoms with Crippen LogP contribution in [0.15, 0.2) is 18.7 Å². The van der Waals surface area contributed by atoms with Gasteiger partial charge < -0.3 is 9.47 Å². The zero-order valence-electron chi connectivity index (χ0n) is 11.9. The molecule has 6 heteroatoms. The number of carbonyl (C=O) groups is 2. The van der Waals surface area contributed by atoms with Crippen molar-refractivity contribution in [1.82, 2.24) is 4.57 Å². The molecule has 0 aliphatic carbocycles. The molecule has 0 radical (unpaired) electrons. The number of aromatic nitrogens is 2. The van der Waals surface area contributed by atoms with Crippen LogP contribution in [0.5, 0.6) is 0 Å². The molecule has 0 fully saturated rings. The summed E-state index contributed by atoms with van der Waals surface area (Å²) in [5.41, 5.74) is -1.50. The smallest absolute Gasteiger partial charge is 0.366 e. The standard InChI is InChI=1S/C13H21N2O4/c1-5-6-9-19-12(17)13(2,11(16)18-4)15-8-7-14(3)10-15/h7-8,10H,5-6,9H2,1-4H3/q+1/t13-/m1/s1. The minimum absolute atomic E-state index is 0.301. The highest BCUT2D eigenvalue weighted by Crippen LogP contribution is 2.19. The van der Waals surface area contributed by atoms with E-state index in [0.717, 1.165) is 12.8 Å². The van der Waals surface area contributed by atoms with Crippen molar-refractivity contribution in [3.8, 4) is 0 Å². The number of unbranched alkanes of at least 4 members (excludes halogenated alkanes) is 1. The predicted octanol–water partition coefficient (Wildman–Crippen LogP) is 0.544. The van der Waals surface area contributed by atoms with Crippen LogP contribution in [0.3, 0.4) is 0 Å². The van der Waals surface area contributed by atoms with Crippen LogP contribution in [-0.4, -0.2) is 30.2 Å². The second kappa shape index (κ2) is 6.36. The van der Waals surface area contributed by atoms with Crippen LogP contribution in [0.2, 0.25) is 0 Å². The fraction of sp³-hybridized carbons (Fsp3) is 0.615. The molecule has 0 aliphatic rings. The first kappa shape index (κ1) is 15.2. The molecule has 1 aromatic heterocycles. The summed E-state index contributed by atoms with van der Waals surface area (Å²) >= 11 is 0. The number of nitrogens with zero attached hydrogens (tertiary/aromatic N) is 2. The lowest BCUT2D eigenvalue weighted by molar-refractivity contribution is -0.671. The van der Waals surface area contributed by atoms with Crippen LogP contribution in [0.4, 0.5) is 0 Å². The van der Waals surface area contributed by atoms with Gasteiger partial charge in [-0.2, -0.15) is 0 Å². The molecule has 0 bridgehead atoms. The first-order valence-electron chi connectivity index (χ1n) is 6.26. The van der Waals surface area contributed by atoms with Gasteiger partial charge in [0.05, 0.1) is 20.8 Å². The number of ether oxygens (including phenoxy) is 2. The van der Waals surface area contributed by atoms with Crippen molar-refractivity contribution in [2.75, 3.05) is 13.7 Å². The van der Waals surface area contributed by atoms with Crippen molar-refractivity contribution >= 4 is 11.9 Å². The molecule has 106 valence electrons. The van der Waals surface area contributed by atoms with Gasteiger partial charge in [-0.25, -0.2) is 18.7 Å². The number of imidazole rings is 1. The number of rotatable bonds is 6. The van der Waals surface area contributed by atoms with Crippen LogP contribution in [-0.2, 0) is 31.6 Å². The second-order valence-corrected chi connectivity index (χ2v) is 4.54. The Morgan fingerprint density at radius 2 is 2.05 bits per heavy atom. The maximum atomic E-state index is 12.2. The number of aryl methyl sites for hydroxylation is 1. The summed E-state index contributed by atoms with van der Waals surface area (Å²) in [6, 6.07) is 0. The van der Waals surface area contributed by atoms with Crippen LogP contribution >= 0.6 is 0 Å². The third-order valence-corrected chi connectivity index (χ3v) is 3.00. The maximum Gasteiger partial charge on any atom is 0.366 e. The monoisotopic (exact) mass is 269 g/mol. The van der Waals surface area contributed by atoms with Crippen molar-refractivity contribution in [1.29, 1.82) is 0 Å². The molecule has 6 nitrogen and oxygen atoms in total. The third kappa shape index (κ3) is 3.13. The average molecular weight is 269 g/mol. The molecule has 1 aromatic rings. The van der Waals surface area contributed by atoms with Gasteiger partial charge in [-0.05, 0) is 6.42 Å². The molecule has 0 aromatic carbocycles. The zero-order chi connectivity index (χ0) is 14.5.